The van der Waals surface area contributed by atoms with E-state index in [1.807, 2.05) is 0 Å². The number of likely N-dealkylation sites (N-methyl/N-ethyl adjacent to an activating group) is 1. The fourth-order valence-electron chi connectivity index (χ4n) is 3.27. The van der Waals surface area contributed by atoms with Gasteiger partial charge in [-0.1, -0.05) is 0 Å². The van der Waals surface area contributed by atoms with Gasteiger partial charge in [-0.05, 0) is 57.0 Å². The number of urea groups is 1. The Hall–Kier alpha value is -3.23. The van der Waals surface area contributed by atoms with Gasteiger partial charge in [0.15, 0.2) is 0 Å². The quantitative estimate of drug-likeness (QED) is 0.775. The van der Waals surface area contributed by atoms with Crippen molar-refractivity contribution in [3.8, 4) is 11.1 Å². The third kappa shape index (κ3) is 5.90. The van der Waals surface area contributed by atoms with Crippen molar-refractivity contribution in [3.63, 3.8) is 0 Å². The molecule has 0 spiro atoms. The smallest absolute Gasteiger partial charge is 0.410 e. The Morgan fingerprint density at radius 2 is 1.84 bits per heavy atom. The van der Waals surface area contributed by atoms with E-state index in [1.165, 1.54) is 23.2 Å². The number of amides is 3. The van der Waals surface area contributed by atoms with Gasteiger partial charge >= 0.3 is 12.1 Å². The molecule has 7 nitrogen and oxygen atoms in total. The molecular weight excluding hydrogens is 406 g/mol. The van der Waals surface area contributed by atoms with Crippen molar-refractivity contribution in [2.45, 2.75) is 38.8 Å². The van der Waals surface area contributed by atoms with E-state index in [2.05, 4.69) is 10.3 Å². The van der Waals surface area contributed by atoms with Crippen LogP contribution < -0.4 is 5.32 Å². The summed E-state index contributed by atoms with van der Waals surface area (Å²) in [5, 5.41) is 2.70. The summed E-state index contributed by atoms with van der Waals surface area (Å²) in [4.78, 5) is 32.1. The number of carbonyl (C=O) groups is 2. The van der Waals surface area contributed by atoms with E-state index < -0.39 is 23.3 Å². The van der Waals surface area contributed by atoms with Gasteiger partial charge in [-0.3, -0.25) is 5.32 Å². The maximum atomic E-state index is 13.4. The van der Waals surface area contributed by atoms with Crippen LogP contribution in [0.2, 0.25) is 0 Å². The Morgan fingerprint density at radius 1 is 1.16 bits per heavy atom. The highest BCUT2D eigenvalue weighted by Crippen LogP contribution is 2.23. The largest absolute Gasteiger partial charge is 0.444 e. The van der Waals surface area contributed by atoms with Gasteiger partial charge in [-0.15, -0.1) is 0 Å². The molecule has 9 heteroatoms. The minimum Gasteiger partial charge on any atom is -0.444 e. The number of rotatable bonds is 3. The molecule has 3 rings (SSSR count). The van der Waals surface area contributed by atoms with E-state index >= 15 is 0 Å². The monoisotopic (exact) mass is 432 g/mol. The lowest BCUT2D eigenvalue weighted by Gasteiger charge is -2.26. The van der Waals surface area contributed by atoms with Crippen LogP contribution in [0.25, 0.3) is 11.1 Å². The summed E-state index contributed by atoms with van der Waals surface area (Å²) in [5.74, 6) is -1.04. The van der Waals surface area contributed by atoms with Crippen LogP contribution in [0.1, 0.15) is 27.2 Å². The van der Waals surface area contributed by atoms with Gasteiger partial charge in [0.25, 0.3) is 0 Å². The number of hydrogen-bond acceptors (Lipinski definition) is 4. The van der Waals surface area contributed by atoms with Gasteiger partial charge < -0.3 is 14.5 Å². The number of benzene rings is 1. The second-order valence-corrected chi connectivity index (χ2v) is 8.50. The Bertz CT molecular complexity index is 940. The third-order valence-corrected chi connectivity index (χ3v) is 4.88. The van der Waals surface area contributed by atoms with E-state index in [4.69, 9.17) is 4.74 Å². The predicted molar refractivity (Wildman–Crippen MR) is 113 cm³/mol. The molecule has 1 aliphatic rings. The third-order valence-electron chi connectivity index (χ3n) is 4.88. The van der Waals surface area contributed by atoms with E-state index in [0.717, 1.165) is 6.07 Å². The first-order valence-corrected chi connectivity index (χ1v) is 9.96. The molecule has 0 saturated carbocycles. The summed E-state index contributed by atoms with van der Waals surface area (Å²) in [6, 6.07) is 5.89. The van der Waals surface area contributed by atoms with Crippen LogP contribution in [0.15, 0.2) is 36.5 Å². The van der Waals surface area contributed by atoms with E-state index in [1.54, 1.807) is 44.9 Å². The number of anilines is 1. The van der Waals surface area contributed by atoms with Crippen LogP contribution in [0.3, 0.4) is 0 Å². The lowest BCUT2D eigenvalue weighted by molar-refractivity contribution is 0.0285. The number of hydrogen-bond donors (Lipinski definition) is 1. The number of nitrogens with one attached hydrogen (secondary N) is 1. The molecule has 1 saturated heterocycles. The van der Waals surface area contributed by atoms with Gasteiger partial charge in [0.1, 0.15) is 23.1 Å². The van der Waals surface area contributed by atoms with E-state index in [-0.39, 0.29) is 12.1 Å². The highest BCUT2D eigenvalue weighted by molar-refractivity contribution is 5.88. The Labute approximate surface area is 180 Å². The summed E-state index contributed by atoms with van der Waals surface area (Å²) in [6.45, 7) is 6.31. The van der Waals surface area contributed by atoms with Gasteiger partial charge in [0.2, 0.25) is 0 Å². The van der Waals surface area contributed by atoms with Crippen LogP contribution in [-0.2, 0) is 4.74 Å². The van der Waals surface area contributed by atoms with Crippen molar-refractivity contribution in [2.75, 3.05) is 25.5 Å². The Morgan fingerprint density at radius 3 is 2.42 bits per heavy atom. The molecule has 1 N–H and O–H groups in total. The molecule has 0 aliphatic carbocycles. The summed E-state index contributed by atoms with van der Waals surface area (Å²) in [7, 11) is 1.66. The maximum absolute atomic E-state index is 13.4. The van der Waals surface area contributed by atoms with Crippen molar-refractivity contribution < 1.29 is 23.1 Å². The number of ether oxygens (including phenoxy) is 1. The minimum atomic E-state index is -0.675. The standard InChI is InChI=1S/C22H26F2N4O3/c1-22(2,3)31-21(30)28-8-7-18(13-28)27(4)20(29)26-19-6-5-14(12-25-19)15-9-16(23)11-17(24)10-15/h5-6,9-12,18H,7-8,13H2,1-4H3,(H,25,26,29). The van der Waals surface area contributed by atoms with Crippen LogP contribution in [0, 0.1) is 11.6 Å². The minimum absolute atomic E-state index is 0.151. The molecule has 1 aromatic carbocycles. The van der Waals surface area contributed by atoms with Gasteiger partial charge in [-0.25, -0.2) is 23.4 Å². The molecule has 3 amide bonds. The van der Waals surface area contributed by atoms with Crippen LogP contribution in [-0.4, -0.2) is 58.7 Å². The van der Waals surface area contributed by atoms with Crippen LogP contribution in [0.5, 0.6) is 0 Å². The number of aromatic nitrogens is 1. The van der Waals surface area contributed by atoms with Crippen molar-refractivity contribution in [1.29, 1.82) is 0 Å². The molecule has 166 valence electrons. The van der Waals surface area contributed by atoms with Crippen LogP contribution >= 0.6 is 0 Å². The second-order valence-electron chi connectivity index (χ2n) is 8.50. The summed E-state index contributed by atoms with van der Waals surface area (Å²) < 4.78 is 32.2. The molecule has 1 fully saturated rings. The number of likely N-dealkylation sites (tertiary alicyclic amines) is 1. The average molecular weight is 432 g/mol. The van der Waals surface area contributed by atoms with Crippen molar-refractivity contribution in [3.05, 3.63) is 48.2 Å². The number of pyridine rings is 1. The number of halogens is 2. The van der Waals surface area contributed by atoms with Crippen molar-refractivity contribution >= 4 is 17.9 Å². The van der Waals surface area contributed by atoms with Gasteiger partial charge in [0.05, 0.1) is 6.04 Å². The Kier molecular flexibility index (Phi) is 6.42. The summed E-state index contributed by atoms with van der Waals surface area (Å²) >= 11 is 0. The average Bonchev–Trinajstić information content (AvgIpc) is 3.16. The maximum Gasteiger partial charge on any atom is 0.410 e. The summed E-state index contributed by atoms with van der Waals surface area (Å²) in [6.07, 6.45) is 1.68. The zero-order chi connectivity index (χ0) is 22.8. The van der Waals surface area contributed by atoms with Crippen molar-refractivity contribution in [1.82, 2.24) is 14.8 Å². The van der Waals surface area contributed by atoms with Gasteiger partial charge in [-0.2, -0.15) is 0 Å². The number of nitrogens with zero attached hydrogens (tertiary/aromatic N) is 3. The van der Waals surface area contributed by atoms with Gasteiger partial charge in [0, 0.05) is 38.0 Å². The summed E-state index contributed by atoms with van der Waals surface area (Å²) in [5.41, 5.74) is 0.301. The molecule has 0 radical (unpaired) electrons. The number of carbonyl (C=O) groups excluding carboxylic acids is 2. The molecule has 2 heterocycles. The first kappa shape index (κ1) is 22.5. The first-order chi connectivity index (χ1) is 14.5. The zero-order valence-electron chi connectivity index (χ0n) is 18.0. The predicted octanol–water partition coefficient (Wildman–Crippen LogP) is 4.50. The SMILES string of the molecule is CN(C(=O)Nc1ccc(-c2cc(F)cc(F)c2)cn1)C1CCN(C(=O)OC(C)(C)C)C1. The highest BCUT2D eigenvalue weighted by atomic mass is 19.1. The van der Waals surface area contributed by atoms with E-state index in [0.29, 0.717) is 36.5 Å². The molecule has 1 atom stereocenters. The molecule has 0 bridgehead atoms. The topological polar surface area (TPSA) is 74.8 Å². The molecule has 2 aromatic rings. The molecule has 1 aromatic heterocycles. The fraction of sp³-hybridized carbons (Fsp3) is 0.409. The highest BCUT2D eigenvalue weighted by Gasteiger charge is 2.33. The van der Waals surface area contributed by atoms with E-state index in [9.17, 15) is 18.4 Å². The normalized spacial score (nSPS) is 16.2. The Balaban J connectivity index is 1.58. The van der Waals surface area contributed by atoms with Crippen LogP contribution in [0.4, 0.5) is 24.2 Å². The second kappa shape index (κ2) is 8.87. The lowest BCUT2D eigenvalue weighted by Crippen LogP contribution is -2.43. The fourth-order valence-corrected chi connectivity index (χ4v) is 3.27. The molecule has 1 unspecified atom stereocenters. The zero-order valence-corrected chi connectivity index (χ0v) is 18.0. The molecule has 1 aliphatic heterocycles. The first-order valence-electron chi connectivity index (χ1n) is 9.96. The molecular formula is C22H26F2N4O3. The lowest BCUT2D eigenvalue weighted by atomic mass is 10.1. The van der Waals surface area contributed by atoms with Crippen molar-refractivity contribution in [2.24, 2.45) is 0 Å². The molecule has 31 heavy (non-hydrogen) atoms.